The zero-order valence-corrected chi connectivity index (χ0v) is 14.3. The third kappa shape index (κ3) is 3.60. The molecule has 3 rings (SSSR count). The van der Waals surface area contributed by atoms with E-state index in [4.69, 9.17) is 4.74 Å². The standard InChI is InChI=1S/C18H23N3O4/c1-2-25-14-6-4-3-5-13(14)7-8-15(22)21-11-9-18(10-12-21)16(23)19-17(24)20-18/h3-6H,2,7-12H2,1H3,(H2,19,20,23,24). The zero-order valence-electron chi connectivity index (χ0n) is 14.3. The summed E-state index contributed by atoms with van der Waals surface area (Å²) in [6.45, 7) is 3.47. The molecule has 0 radical (unpaired) electrons. The van der Waals surface area contributed by atoms with E-state index in [2.05, 4.69) is 10.6 Å². The van der Waals surface area contributed by atoms with Gasteiger partial charge < -0.3 is 15.0 Å². The summed E-state index contributed by atoms with van der Waals surface area (Å²) in [7, 11) is 0. The number of nitrogens with one attached hydrogen (secondary N) is 2. The van der Waals surface area contributed by atoms with Crippen molar-refractivity contribution in [1.29, 1.82) is 0 Å². The van der Waals surface area contributed by atoms with E-state index in [9.17, 15) is 14.4 Å². The van der Waals surface area contributed by atoms with Crippen LogP contribution in [0.5, 0.6) is 5.75 Å². The van der Waals surface area contributed by atoms with E-state index in [0.717, 1.165) is 11.3 Å². The molecular weight excluding hydrogens is 322 g/mol. The predicted octanol–water partition coefficient (Wildman–Crippen LogP) is 1.22. The van der Waals surface area contributed by atoms with Crippen LogP contribution in [0.2, 0.25) is 0 Å². The normalized spacial score (nSPS) is 18.8. The summed E-state index contributed by atoms with van der Waals surface area (Å²) >= 11 is 0. The number of amides is 4. The molecule has 25 heavy (non-hydrogen) atoms. The van der Waals surface area contributed by atoms with Crippen molar-refractivity contribution in [3.63, 3.8) is 0 Å². The Kier molecular flexibility index (Phi) is 4.92. The predicted molar refractivity (Wildman–Crippen MR) is 91.2 cm³/mol. The SMILES string of the molecule is CCOc1ccccc1CCC(=O)N1CCC2(CC1)NC(=O)NC2=O. The Balaban J connectivity index is 1.54. The maximum Gasteiger partial charge on any atom is 0.322 e. The number of benzene rings is 1. The highest BCUT2D eigenvalue weighted by atomic mass is 16.5. The maximum atomic E-state index is 12.5. The third-order valence-electron chi connectivity index (χ3n) is 4.86. The van der Waals surface area contributed by atoms with Gasteiger partial charge in [0.15, 0.2) is 0 Å². The quantitative estimate of drug-likeness (QED) is 0.786. The van der Waals surface area contributed by atoms with Crippen molar-refractivity contribution in [3.8, 4) is 5.75 Å². The minimum Gasteiger partial charge on any atom is -0.494 e. The number of urea groups is 1. The smallest absolute Gasteiger partial charge is 0.322 e. The Hall–Kier alpha value is -2.57. The molecule has 2 aliphatic rings. The number of hydrogen-bond acceptors (Lipinski definition) is 4. The first kappa shape index (κ1) is 17.3. The van der Waals surface area contributed by atoms with E-state index in [1.165, 1.54) is 0 Å². The van der Waals surface area contributed by atoms with Crippen LogP contribution in [-0.2, 0) is 16.0 Å². The molecule has 1 aromatic carbocycles. The van der Waals surface area contributed by atoms with Gasteiger partial charge in [0.2, 0.25) is 5.91 Å². The number of ether oxygens (including phenoxy) is 1. The van der Waals surface area contributed by atoms with Crippen LogP contribution in [-0.4, -0.2) is 48.0 Å². The van der Waals surface area contributed by atoms with Crippen LogP contribution in [0.25, 0.3) is 0 Å². The first-order chi connectivity index (χ1) is 12.0. The lowest BCUT2D eigenvalue weighted by Gasteiger charge is -2.37. The number of rotatable bonds is 5. The Labute approximate surface area is 146 Å². The third-order valence-corrected chi connectivity index (χ3v) is 4.86. The van der Waals surface area contributed by atoms with Gasteiger partial charge in [0.25, 0.3) is 5.91 Å². The Bertz CT molecular complexity index is 681. The second-order valence-electron chi connectivity index (χ2n) is 6.41. The van der Waals surface area contributed by atoms with Crippen molar-refractivity contribution in [3.05, 3.63) is 29.8 Å². The maximum absolute atomic E-state index is 12.5. The highest BCUT2D eigenvalue weighted by Crippen LogP contribution is 2.26. The second kappa shape index (κ2) is 7.13. The number of hydrogen-bond donors (Lipinski definition) is 2. The molecule has 0 saturated carbocycles. The van der Waals surface area contributed by atoms with Crippen LogP contribution in [0.3, 0.4) is 0 Å². The summed E-state index contributed by atoms with van der Waals surface area (Å²) in [6, 6.07) is 7.30. The number of para-hydroxylation sites is 1. The van der Waals surface area contributed by atoms with Crippen molar-refractivity contribution in [2.24, 2.45) is 0 Å². The number of likely N-dealkylation sites (tertiary alicyclic amines) is 1. The van der Waals surface area contributed by atoms with Gasteiger partial charge in [-0.15, -0.1) is 0 Å². The molecule has 0 bridgehead atoms. The monoisotopic (exact) mass is 345 g/mol. The van der Waals surface area contributed by atoms with Gasteiger partial charge in [-0.3, -0.25) is 14.9 Å². The lowest BCUT2D eigenvalue weighted by atomic mass is 9.87. The van der Waals surface area contributed by atoms with Gasteiger partial charge in [0.05, 0.1) is 6.61 Å². The minimum atomic E-state index is -0.838. The number of nitrogens with zero attached hydrogens (tertiary/aromatic N) is 1. The van der Waals surface area contributed by atoms with E-state index in [-0.39, 0.29) is 11.8 Å². The first-order valence-electron chi connectivity index (χ1n) is 8.66. The van der Waals surface area contributed by atoms with E-state index >= 15 is 0 Å². The summed E-state index contributed by atoms with van der Waals surface area (Å²) in [5, 5.41) is 4.98. The van der Waals surface area contributed by atoms with Gasteiger partial charge >= 0.3 is 6.03 Å². The molecular formula is C18H23N3O4. The molecule has 2 N–H and O–H groups in total. The molecule has 7 heteroatoms. The van der Waals surface area contributed by atoms with Crippen LogP contribution >= 0.6 is 0 Å². The first-order valence-corrected chi connectivity index (χ1v) is 8.66. The molecule has 2 saturated heterocycles. The van der Waals surface area contributed by atoms with Crippen molar-refractivity contribution in [2.45, 2.75) is 38.1 Å². The van der Waals surface area contributed by atoms with E-state index in [0.29, 0.717) is 45.4 Å². The number of carbonyl (C=O) groups excluding carboxylic acids is 3. The highest BCUT2D eigenvalue weighted by molar-refractivity contribution is 6.07. The topological polar surface area (TPSA) is 87.7 Å². The molecule has 1 spiro atoms. The fourth-order valence-corrected chi connectivity index (χ4v) is 3.42. The Morgan fingerprint density at radius 3 is 2.60 bits per heavy atom. The summed E-state index contributed by atoms with van der Waals surface area (Å²) in [6.07, 6.45) is 1.92. The van der Waals surface area contributed by atoms with Crippen molar-refractivity contribution in [2.75, 3.05) is 19.7 Å². The molecule has 2 fully saturated rings. The molecule has 0 unspecified atom stereocenters. The average Bonchev–Trinajstić information content (AvgIpc) is 2.88. The minimum absolute atomic E-state index is 0.0610. The molecule has 0 atom stereocenters. The molecule has 1 aromatic rings. The van der Waals surface area contributed by atoms with Crippen LogP contribution < -0.4 is 15.4 Å². The largest absolute Gasteiger partial charge is 0.494 e. The van der Waals surface area contributed by atoms with Gasteiger partial charge in [0, 0.05) is 19.5 Å². The van der Waals surface area contributed by atoms with Crippen LogP contribution in [0, 0.1) is 0 Å². The molecule has 134 valence electrons. The van der Waals surface area contributed by atoms with Gasteiger partial charge in [-0.05, 0) is 37.8 Å². The lowest BCUT2D eigenvalue weighted by molar-refractivity contribution is -0.135. The summed E-state index contributed by atoms with van der Waals surface area (Å²) in [5.74, 6) is 0.599. The van der Waals surface area contributed by atoms with Crippen molar-refractivity contribution < 1.29 is 19.1 Å². The molecule has 7 nitrogen and oxygen atoms in total. The van der Waals surface area contributed by atoms with E-state index in [1.807, 2.05) is 31.2 Å². The highest BCUT2D eigenvalue weighted by Gasteiger charge is 2.48. The fraction of sp³-hybridized carbons (Fsp3) is 0.500. The van der Waals surface area contributed by atoms with Gasteiger partial charge in [-0.2, -0.15) is 0 Å². The van der Waals surface area contributed by atoms with Gasteiger partial charge in [-0.1, -0.05) is 18.2 Å². The van der Waals surface area contributed by atoms with Crippen molar-refractivity contribution in [1.82, 2.24) is 15.5 Å². The van der Waals surface area contributed by atoms with Crippen LogP contribution in [0.15, 0.2) is 24.3 Å². The van der Waals surface area contributed by atoms with Gasteiger partial charge in [-0.25, -0.2) is 4.79 Å². The molecule has 0 aromatic heterocycles. The number of carbonyl (C=O) groups is 3. The van der Waals surface area contributed by atoms with Crippen LogP contribution in [0.1, 0.15) is 31.7 Å². The summed E-state index contributed by atoms with van der Waals surface area (Å²) in [4.78, 5) is 37.5. The average molecular weight is 345 g/mol. The number of imide groups is 1. The van der Waals surface area contributed by atoms with E-state index in [1.54, 1.807) is 4.90 Å². The van der Waals surface area contributed by atoms with Crippen LogP contribution in [0.4, 0.5) is 4.79 Å². The number of aryl methyl sites for hydroxylation is 1. The fourth-order valence-electron chi connectivity index (χ4n) is 3.42. The molecule has 0 aliphatic carbocycles. The molecule has 2 heterocycles. The molecule has 2 aliphatic heterocycles. The van der Waals surface area contributed by atoms with E-state index < -0.39 is 11.6 Å². The van der Waals surface area contributed by atoms with Crippen molar-refractivity contribution >= 4 is 17.8 Å². The summed E-state index contributed by atoms with van der Waals surface area (Å²) in [5.41, 5.74) is 0.184. The lowest BCUT2D eigenvalue weighted by Crippen LogP contribution is -2.55. The summed E-state index contributed by atoms with van der Waals surface area (Å²) < 4.78 is 5.59. The zero-order chi connectivity index (χ0) is 17.9. The van der Waals surface area contributed by atoms with Gasteiger partial charge in [0.1, 0.15) is 11.3 Å². The molecule has 4 amide bonds. The Morgan fingerprint density at radius 2 is 1.96 bits per heavy atom. The second-order valence-corrected chi connectivity index (χ2v) is 6.41. The Morgan fingerprint density at radius 1 is 1.24 bits per heavy atom. The number of piperidine rings is 1.